The molecule has 0 heterocycles. The van der Waals surface area contributed by atoms with Crippen molar-refractivity contribution in [3.63, 3.8) is 0 Å². The van der Waals surface area contributed by atoms with Crippen molar-refractivity contribution in [1.82, 2.24) is 0 Å². The summed E-state index contributed by atoms with van der Waals surface area (Å²) in [6, 6.07) is 15.5. The number of hydrogen-bond donors (Lipinski definition) is 1. The Kier molecular flexibility index (Phi) is 5.40. The Morgan fingerprint density at radius 3 is 2.50 bits per heavy atom. The van der Waals surface area contributed by atoms with Crippen molar-refractivity contribution in [2.24, 2.45) is 11.1 Å². The zero-order valence-corrected chi connectivity index (χ0v) is 16.7. The van der Waals surface area contributed by atoms with Gasteiger partial charge in [-0.3, -0.25) is 0 Å². The summed E-state index contributed by atoms with van der Waals surface area (Å²) in [6.07, 6.45) is 0. The molecule has 2 aromatic carbocycles. The van der Waals surface area contributed by atoms with Gasteiger partial charge in [-0.05, 0) is 36.8 Å². The fourth-order valence-corrected chi connectivity index (χ4v) is 6.59. The zero-order valence-electron chi connectivity index (χ0n) is 14.3. The first kappa shape index (κ1) is 19.3. The first-order valence-electron chi connectivity index (χ1n) is 8.27. The molecular formula is C19H20ClNO3S2. The van der Waals surface area contributed by atoms with Crippen LogP contribution in [0.2, 0.25) is 5.02 Å². The van der Waals surface area contributed by atoms with Gasteiger partial charge in [0.1, 0.15) is 0 Å². The zero-order chi connectivity index (χ0) is 18.9. The van der Waals surface area contributed by atoms with Gasteiger partial charge in [-0.1, -0.05) is 54.2 Å². The van der Waals surface area contributed by atoms with E-state index in [1.807, 2.05) is 13.0 Å². The molecule has 2 aromatic rings. The Labute approximate surface area is 164 Å². The third kappa shape index (κ3) is 3.16. The van der Waals surface area contributed by atoms with Gasteiger partial charge >= 0.3 is 0 Å². The summed E-state index contributed by atoms with van der Waals surface area (Å²) >= 11 is 11.4. The molecule has 26 heavy (non-hydrogen) atoms. The quantitative estimate of drug-likeness (QED) is 0.707. The van der Waals surface area contributed by atoms with Crippen molar-refractivity contribution in [3.05, 3.63) is 65.2 Å². The predicted octanol–water partition coefficient (Wildman–Crippen LogP) is 3.59. The van der Waals surface area contributed by atoms with Crippen molar-refractivity contribution in [1.29, 1.82) is 0 Å². The number of benzene rings is 2. The van der Waals surface area contributed by atoms with Crippen LogP contribution < -0.4 is 5.73 Å². The second-order valence-corrected chi connectivity index (χ2v) is 9.30. The topological polar surface area (TPSA) is 69.4 Å². The minimum atomic E-state index is -3.65. The van der Waals surface area contributed by atoms with Gasteiger partial charge in [0, 0.05) is 17.5 Å². The number of hydrogen-bond acceptors (Lipinski definition) is 4. The van der Waals surface area contributed by atoms with Crippen LogP contribution >= 0.6 is 23.8 Å². The van der Waals surface area contributed by atoms with Crippen LogP contribution in [0.15, 0.2) is 59.5 Å². The van der Waals surface area contributed by atoms with E-state index in [0.717, 1.165) is 5.56 Å². The highest BCUT2D eigenvalue weighted by atomic mass is 35.5. The van der Waals surface area contributed by atoms with Crippen LogP contribution in [0, 0.1) is 5.41 Å². The molecule has 0 aliphatic heterocycles. The van der Waals surface area contributed by atoms with Gasteiger partial charge in [-0.15, -0.1) is 0 Å². The Morgan fingerprint density at radius 1 is 1.23 bits per heavy atom. The predicted molar refractivity (Wildman–Crippen MR) is 107 cm³/mol. The van der Waals surface area contributed by atoms with Crippen LogP contribution in [-0.4, -0.2) is 31.9 Å². The summed E-state index contributed by atoms with van der Waals surface area (Å²) in [6.45, 7) is 2.46. The maximum atomic E-state index is 13.3. The maximum absolute atomic E-state index is 13.3. The summed E-state index contributed by atoms with van der Waals surface area (Å²) in [7, 11) is -3.65. The van der Waals surface area contributed by atoms with Gasteiger partial charge in [-0.25, -0.2) is 8.42 Å². The van der Waals surface area contributed by atoms with Crippen LogP contribution in [0.3, 0.4) is 0 Å². The lowest BCUT2D eigenvalue weighted by Crippen LogP contribution is -2.33. The lowest BCUT2D eigenvalue weighted by molar-refractivity contribution is 0.121. The number of rotatable bonds is 7. The van der Waals surface area contributed by atoms with Gasteiger partial charge in [0.25, 0.3) is 0 Å². The van der Waals surface area contributed by atoms with Crippen molar-refractivity contribution in [3.8, 4) is 0 Å². The minimum absolute atomic E-state index is 0.153. The summed E-state index contributed by atoms with van der Waals surface area (Å²) < 4.78 is 32.3. The van der Waals surface area contributed by atoms with E-state index in [2.05, 4.69) is 0 Å². The van der Waals surface area contributed by atoms with E-state index < -0.39 is 26.4 Å². The Bertz CT molecular complexity index is 917. The first-order chi connectivity index (χ1) is 12.4. The second-order valence-electron chi connectivity index (χ2n) is 6.35. The molecule has 3 rings (SSSR count). The molecule has 0 amide bonds. The van der Waals surface area contributed by atoms with Gasteiger partial charge in [-0.2, -0.15) is 0 Å². The molecule has 0 aromatic heterocycles. The Hall–Kier alpha value is -1.47. The molecule has 3 atom stereocenters. The molecule has 4 nitrogen and oxygen atoms in total. The second kappa shape index (κ2) is 7.27. The number of ether oxygens (including phenoxy) is 1. The molecule has 7 heteroatoms. The molecule has 0 bridgehead atoms. The Balaban J connectivity index is 2.12. The third-order valence-electron chi connectivity index (χ3n) is 4.87. The van der Waals surface area contributed by atoms with E-state index >= 15 is 0 Å². The molecule has 1 saturated carbocycles. The van der Waals surface area contributed by atoms with E-state index in [9.17, 15) is 8.42 Å². The van der Waals surface area contributed by atoms with Crippen LogP contribution in [0.25, 0.3) is 0 Å². The maximum Gasteiger partial charge on any atom is 0.182 e. The first-order valence-corrected chi connectivity index (χ1v) is 10.6. The normalized spacial score (nSPS) is 25.0. The lowest BCUT2D eigenvalue weighted by atomic mass is 10.00. The molecule has 2 N–H and O–H groups in total. The van der Waals surface area contributed by atoms with Crippen molar-refractivity contribution < 1.29 is 13.2 Å². The molecule has 138 valence electrons. The SMILES string of the molecule is CCOC[C@]1(C(N)=S)[C@H](c2cccc(Cl)c2)[C@@H]1S(=O)(=O)c1ccccc1. The van der Waals surface area contributed by atoms with Gasteiger partial charge in [0.15, 0.2) is 9.84 Å². The van der Waals surface area contributed by atoms with Crippen LogP contribution in [0.4, 0.5) is 0 Å². The fraction of sp³-hybridized carbons (Fsp3) is 0.316. The average molecular weight is 410 g/mol. The lowest BCUT2D eigenvalue weighted by Gasteiger charge is -2.17. The van der Waals surface area contributed by atoms with Crippen LogP contribution in [0.1, 0.15) is 18.4 Å². The standard InChI is InChI=1S/C19H20ClNO3S2/c1-2-24-12-19(18(21)25)16(13-7-6-8-14(20)11-13)17(19)26(22,23)15-9-4-3-5-10-15/h3-11,16-17H,2,12H2,1H3,(H2,21,25)/t16-,17+,19+/m1/s1. The number of nitrogens with two attached hydrogens (primary N) is 1. The Morgan fingerprint density at radius 2 is 1.92 bits per heavy atom. The third-order valence-corrected chi connectivity index (χ3v) is 7.78. The van der Waals surface area contributed by atoms with E-state index in [1.165, 1.54) is 0 Å². The summed E-state index contributed by atoms with van der Waals surface area (Å²) in [5.41, 5.74) is 5.92. The summed E-state index contributed by atoms with van der Waals surface area (Å²) in [4.78, 5) is 0.409. The van der Waals surface area contributed by atoms with E-state index in [-0.39, 0.29) is 16.5 Å². The monoisotopic (exact) mass is 409 g/mol. The van der Waals surface area contributed by atoms with Gasteiger partial charge < -0.3 is 10.5 Å². The van der Waals surface area contributed by atoms with Crippen molar-refractivity contribution >= 4 is 38.6 Å². The molecular weight excluding hydrogens is 390 g/mol. The highest BCUT2D eigenvalue weighted by Gasteiger charge is 2.73. The number of thiocarbonyl (C=S) groups is 1. The fourth-order valence-electron chi connectivity index (χ4n) is 3.60. The van der Waals surface area contributed by atoms with Gasteiger partial charge in [0.2, 0.25) is 0 Å². The van der Waals surface area contributed by atoms with Crippen LogP contribution in [0.5, 0.6) is 0 Å². The molecule has 0 unspecified atom stereocenters. The molecule has 1 aliphatic carbocycles. The van der Waals surface area contributed by atoms with E-state index in [0.29, 0.717) is 11.6 Å². The van der Waals surface area contributed by atoms with Crippen molar-refractivity contribution in [2.75, 3.05) is 13.2 Å². The molecule has 0 saturated heterocycles. The van der Waals surface area contributed by atoms with Crippen LogP contribution in [-0.2, 0) is 14.6 Å². The molecule has 1 fully saturated rings. The minimum Gasteiger partial charge on any atom is -0.393 e. The van der Waals surface area contributed by atoms with Crippen molar-refractivity contribution in [2.45, 2.75) is 23.0 Å². The number of sulfone groups is 1. The number of halogens is 1. The summed E-state index contributed by atoms with van der Waals surface area (Å²) in [5.74, 6) is -0.393. The molecule has 1 aliphatic rings. The van der Waals surface area contributed by atoms with E-state index in [4.69, 9.17) is 34.3 Å². The largest absolute Gasteiger partial charge is 0.393 e. The smallest absolute Gasteiger partial charge is 0.182 e. The summed E-state index contributed by atoms with van der Waals surface area (Å²) in [5, 5.41) is -0.238. The van der Waals surface area contributed by atoms with Gasteiger partial charge in [0.05, 0.1) is 27.2 Å². The average Bonchev–Trinajstić information content (AvgIpc) is 3.32. The van der Waals surface area contributed by atoms with E-state index in [1.54, 1.807) is 48.5 Å². The highest BCUT2D eigenvalue weighted by Crippen LogP contribution is 2.64. The highest BCUT2D eigenvalue weighted by molar-refractivity contribution is 7.92. The molecule has 0 radical (unpaired) electrons. The molecule has 0 spiro atoms.